The number of carbonyl (C=O) groups excluding carboxylic acids is 1. The van der Waals surface area contributed by atoms with Crippen molar-refractivity contribution in [2.45, 2.75) is 31.7 Å². The van der Waals surface area contributed by atoms with Crippen LogP contribution in [0, 0.1) is 0 Å². The topological polar surface area (TPSA) is 68.8 Å². The fraction of sp³-hybridized carbons (Fsp3) is 0.300. The van der Waals surface area contributed by atoms with Gasteiger partial charge in [0.15, 0.2) is 17.1 Å². The highest BCUT2D eigenvalue weighted by molar-refractivity contribution is 9.10. The average Bonchev–Trinajstić information content (AvgIpc) is 3.40. The summed E-state index contributed by atoms with van der Waals surface area (Å²) in [6.07, 6.45) is 10.8. The van der Waals surface area contributed by atoms with Crippen LogP contribution in [0.2, 0.25) is 0 Å². The number of rotatable bonds is 5. The Labute approximate surface area is 165 Å². The van der Waals surface area contributed by atoms with Gasteiger partial charge in [-0.25, -0.2) is 5.43 Å². The number of methoxy groups -OCH3 is 1. The number of hydrogen-bond donors (Lipinski definition) is 1. The van der Waals surface area contributed by atoms with Crippen LogP contribution in [0.25, 0.3) is 11.0 Å². The van der Waals surface area contributed by atoms with Gasteiger partial charge in [-0.05, 0) is 37.1 Å². The summed E-state index contributed by atoms with van der Waals surface area (Å²) in [4.78, 5) is 12.3. The van der Waals surface area contributed by atoms with Gasteiger partial charge in [-0.2, -0.15) is 5.10 Å². The zero-order valence-corrected chi connectivity index (χ0v) is 16.5. The van der Waals surface area contributed by atoms with E-state index in [-0.39, 0.29) is 5.76 Å². The summed E-state index contributed by atoms with van der Waals surface area (Å²) in [5.41, 5.74) is 4.00. The highest BCUT2D eigenvalue weighted by Gasteiger charge is 2.17. The van der Waals surface area contributed by atoms with Gasteiger partial charge in [0.25, 0.3) is 0 Å². The third kappa shape index (κ3) is 3.78. The monoisotopic (exact) mass is 429 g/mol. The molecule has 0 unspecified atom stereocenters. The minimum absolute atomic E-state index is 0.182. The van der Waals surface area contributed by atoms with E-state index in [1.165, 1.54) is 25.7 Å². The van der Waals surface area contributed by atoms with Gasteiger partial charge in [-0.1, -0.05) is 28.8 Å². The number of benzene rings is 1. The second-order valence-electron chi connectivity index (χ2n) is 6.67. The second kappa shape index (κ2) is 7.60. The zero-order valence-electron chi connectivity index (χ0n) is 14.9. The first-order chi connectivity index (χ1) is 13.1. The minimum Gasteiger partial charge on any atom is -0.493 e. The van der Waals surface area contributed by atoms with Crippen molar-refractivity contribution in [1.29, 1.82) is 0 Å². The third-order valence-electron chi connectivity index (χ3n) is 4.85. The van der Waals surface area contributed by atoms with Crippen LogP contribution in [0.3, 0.4) is 0 Å². The summed E-state index contributed by atoms with van der Waals surface area (Å²) in [5.74, 6) is 0.341. The van der Waals surface area contributed by atoms with E-state index in [2.05, 4.69) is 43.4 Å². The SMILES string of the molecule is COc1cc(Br)cc2cc(C(=O)N/N=C\c3ccn(C4CCCC4)c3)oc12. The molecule has 1 aliphatic rings. The molecule has 0 atom stereocenters. The van der Waals surface area contributed by atoms with Crippen LogP contribution < -0.4 is 10.2 Å². The fourth-order valence-corrected chi connectivity index (χ4v) is 3.96. The number of carbonyl (C=O) groups is 1. The standard InChI is InChI=1S/C20H20BrN3O3/c1-26-17-10-15(21)8-14-9-18(27-19(14)17)20(25)23-22-11-13-6-7-24(12-13)16-4-2-3-5-16/h6-12,16H,2-5H2,1H3,(H,23,25)/b22-11-. The van der Waals surface area contributed by atoms with E-state index in [1.54, 1.807) is 25.5 Å². The maximum atomic E-state index is 12.3. The quantitative estimate of drug-likeness (QED) is 0.463. The molecule has 140 valence electrons. The highest BCUT2D eigenvalue weighted by atomic mass is 79.9. The lowest BCUT2D eigenvalue weighted by atomic mass is 10.2. The molecule has 0 radical (unpaired) electrons. The smallest absolute Gasteiger partial charge is 0.307 e. The van der Waals surface area contributed by atoms with E-state index < -0.39 is 5.91 Å². The van der Waals surface area contributed by atoms with Gasteiger partial charge >= 0.3 is 5.91 Å². The van der Waals surface area contributed by atoms with Crippen LogP contribution in [0.1, 0.15) is 47.8 Å². The Morgan fingerprint density at radius 1 is 1.37 bits per heavy atom. The Morgan fingerprint density at radius 3 is 2.96 bits per heavy atom. The number of halogens is 1. The van der Waals surface area contributed by atoms with Crippen LogP contribution in [0.4, 0.5) is 0 Å². The summed E-state index contributed by atoms with van der Waals surface area (Å²) in [7, 11) is 1.56. The number of ether oxygens (including phenoxy) is 1. The molecule has 4 rings (SSSR count). The average molecular weight is 430 g/mol. The minimum atomic E-state index is -0.407. The zero-order chi connectivity index (χ0) is 18.8. The molecular formula is C20H20BrN3O3. The molecule has 1 N–H and O–H groups in total. The number of nitrogens with zero attached hydrogens (tertiary/aromatic N) is 2. The number of hydrazone groups is 1. The van der Waals surface area contributed by atoms with Crippen molar-refractivity contribution in [3.8, 4) is 5.75 Å². The molecule has 0 saturated heterocycles. The Hall–Kier alpha value is -2.54. The van der Waals surface area contributed by atoms with E-state index in [1.807, 2.05) is 12.1 Å². The molecule has 27 heavy (non-hydrogen) atoms. The summed E-state index contributed by atoms with van der Waals surface area (Å²) in [5, 5.41) is 4.83. The van der Waals surface area contributed by atoms with Crippen molar-refractivity contribution in [2.24, 2.45) is 5.10 Å². The molecule has 0 spiro atoms. The van der Waals surface area contributed by atoms with Crippen LogP contribution in [0.5, 0.6) is 5.75 Å². The summed E-state index contributed by atoms with van der Waals surface area (Å²) < 4.78 is 14.0. The number of aromatic nitrogens is 1. The van der Waals surface area contributed by atoms with E-state index in [9.17, 15) is 4.79 Å². The maximum Gasteiger partial charge on any atom is 0.307 e. The molecule has 1 aliphatic carbocycles. The number of hydrogen-bond acceptors (Lipinski definition) is 4. The summed E-state index contributed by atoms with van der Waals surface area (Å²) >= 11 is 3.42. The second-order valence-corrected chi connectivity index (χ2v) is 7.58. The predicted molar refractivity (Wildman–Crippen MR) is 107 cm³/mol. The van der Waals surface area contributed by atoms with Crippen molar-refractivity contribution < 1.29 is 13.9 Å². The van der Waals surface area contributed by atoms with Gasteiger partial charge in [0.2, 0.25) is 0 Å². The molecule has 2 heterocycles. The first-order valence-electron chi connectivity index (χ1n) is 8.92. The number of fused-ring (bicyclic) bond motifs is 1. The lowest BCUT2D eigenvalue weighted by Gasteiger charge is -2.10. The van der Waals surface area contributed by atoms with Crippen molar-refractivity contribution in [1.82, 2.24) is 9.99 Å². The largest absolute Gasteiger partial charge is 0.493 e. The summed E-state index contributed by atoms with van der Waals surface area (Å²) in [6.45, 7) is 0. The number of nitrogens with one attached hydrogen (secondary N) is 1. The first-order valence-corrected chi connectivity index (χ1v) is 9.71. The Morgan fingerprint density at radius 2 is 2.19 bits per heavy atom. The molecule has 7 heteroatoms. The maximum absolute atomic E-state index is 12.3. The molecule has 1 saturated carbocycles. The fourth-order valence-electron chi connectivity index (χ4n) is 3.51. The van der Waals surface area contributed by atoms with Gasteiger partial charge in [0, 0.05) is 33.9 Å². The molecule has 0 aliphatic heterocycles. The highest BCUT2D eigenvalue weighted by Crippen LogP contribution is 2.32. The van der Waals surface area contributed by atoms with Crippen molar-refractivity contribution >= 4 is 39.0 Å². The van der Waals surface area contributed by atoms with E-state index in [0.717, 1.165) is 15.4 Å². The first kappa shape index (κ1) is 17.9. The van der Waals surface area contributed by atoms with Gasteiger partial charge in [-0.15, -0.1) is 0 Å². The number of amides is 1. The van der Waals surface area contributed by atoms with Crippen molar-refractivity contribution in [3.05, 3.63) is 52.5 Å². The van der Waals surface area contributed by atoms with Crippen LogP contribution in [-0.2, 0) is 0 Å². The van der Waals surface area contributed by atoms with Gasteiger partial charge in [-0.3, -0.25) is 4.79 Å². The van der Waals surface area contributed by atoms with E-state index in [0.29, 0.717) is 17.4 Å². The molecule has 1 fully saturated rings. The third-order valence-corrected chi connectivity index (χ3v) is 5.31. The molecule has 1 aromatic carbocycles. The normalized spacial score (nSPS) is 15.0. The van der Waals surface area contributed by atoms with Crippen LogP contribution >= 0.6 is 15.9 Å². The molecule has 3 aromatic rings. The van der Waals surface area contributed by atoms with Gasteiger partial charge in [0.05, 0.1) is 13.3 Å². The van der Waals surface area contributed by atoms with Crippen molar-refractivity contribution in [2.75, 3.05) is 7.11 Å². The summed E-state index contributed by atoms with van der Waals surface area (Å²) in [6, 6.07) is 7.92. The Balaban J connectivity index is 1.44. The molecular weight excluding hydrogens is 410 g/mol. The lowest BCUT2D eigenvalue weighted by molar-refractivity contribution is 0.0929. The Bertz CT molecular complexity index is 999. The van der Waals surface area contributed by atoms with Crippen LogP contribution in [-0.4, -0.2) is 23.8 Å². The predicted octanol–water partition coefficient (Wildman–Crippen LogP) is 4.88. The molecule has 0 bridgehead atoms. The van der Waals surface area contributed by atoms with Crippen molar-refractivity contribution in [3.63, 3.8) is 0 Å². The lowest BCUT2D eigenvalue weighted by Crippen LogP contribution is -2.16. The van der Waals surface area contributed by atoms with E-state index >= 15 is 0 Å². The Kier molecular flexibility index (Phi) is 5.03. The molecule has 6 nitrogen and oxygen atoms in total. The van der Waals surface area contributed by atoms with Crippen LogP contribution in [0.15, 0.2) is 50.7 Å². The van der Waals surface area contributed by atoms with Gasteiger partial charge in [0.1, 0.15) is 0 Å². The van der Waals surface area contributed by atoms with E-state index in [4.69, 9.17) is 9.15 Å². The number of furan rings is 1. The molecule has 1 amide bonds. The van der Waals surface area contributed by atoms with Gasteiger partial charge < -0.3 is 13.7 Å². The molecule has 2 aromatic heterocycles.